The van der Waals surface area contributed by atoms with Crippen LogP contribution in [-0.2, 0) is 14.6 Å². The Morgan fingerprint density at radius 1 is 1.39 bits per heavy atom. The minimum atomic E-state index is -5.15. The number of primary sulfonamides is 1. The monoisotopic (exact) mass is 308 g/mol. The van der Waals surface area contributed by atoms with Gasteiger partial charge in [-0.25, -0.2) is 18.5 Å². The third-order valence-electron chi connectivity index (χ3n) is 1.80. The molecule has 2 aromatic rings. The van der Waals surface area contributed by atoms with Gasteiger partial charge in [0.15, 0.2) is 0 Å². The Labute approximate surface area is 105 Å². The lowest BCUT2D eigenvalue weighted by molar-refractivity contribution is -0.333. The SMILES string of the molecule is NS(=O)(=O)c1nc2ccc(OP(=O)([O-])[O-])cc2s1. The Balaban J connectivity index is 2.50. The molecule has 8 nitrogen and oxygen atoms in total. The zero-order chi connectivity index (χ0) is 13.6. The summed E-state index contributed by atoms with van der Waals surface area (Å²) in [4.78, 5) is 24.6. The topological polar surface area (TPSA) is 145 Å². The Kier molecular flexibility index (Phi) is 3.18. The number of phosphoric ester groups is 1. The second kappa shape index (κ2) is 4.26. The number of hydrogen-bond acceptors (Lipinski definition) is 8. The van der Waals surface area contributed by atoms with E-state index in [-0.39, 0.29) is 10.1 Å². The highest BCUT2D eigenvalue weighted by Gasteiger charge is 2.14. The number of nitrogens with zero attached hydrogens (tertiary/aromatic N) is 1. The Hall–Kier alpha value is -1.03. The summed E-state index contributed by atoms with van der Waals surface area (Å²) in [6, 6.07) is 3.72. The third kappa shape index (κ3) is 3.05. The van der Waals surface area contributed by atoms with Crippen molar-refractivity contribution in [2.24, 2.45) is 5.14 Å². The van der Waals surface area contributed by atoms with Crippen LogP contribution < -0.4 is 19.4 Å². The molecule has 0 unspecified atom stereocenters. The van der Waals surface area contributed by atoms with Crippen LogP contribution in [0.5, 0.6) is 5.75 Å². The van der Waals surface area contributed by atoms with Crippen molar-refractivity contribution in [3.63, 3.8) is 0 Å². The molecule has 0 fully saturated rings. The summed E-state index contributed by atoms with van der Waals surface area (Å²) in [6.45, 7) is 0. The van der Waals surface area contributed by atoms with Crippen LogP contribution in [0.1, 0.15) is 0 Å². The molecule has 2 rings (SSSR count). The van der Waals surface area contributed by atoms with Crippen LogP contribution in [0.4, 0.5) is 0 Å². The molecule has 1 aromatic carbocycles. The first-order valence-electron chi connectivity index (χ1n) is 4.30. The molecule has 0 saturated carbocycles. The van der Waals surface area contributed by atoms with Gasteiger partial charge in [-0.15, -0.1) is 11.3 Å². The lowest BCUT2D eigenvalue weighted by Gasteiger charge is -2.28. The molecular weight excluding hydrogens is 303 g/mol. The lowest BCUT2D eigenvalue weighted by Crippen LogP contribution is -2.18. The van der Waals surface area contributed by atoms with Gasteiger partial charge in [-0.05, 0) is 18.2 Å². The maximum Gasteiger partial charge on any atom is 0.265 e. The van der Waals surface area contributed by atoms with E-state index in [4.69, 9.17) is 5.14 Å². The molecule has 11 heteroatoms. The fourth-order valence-corrected chi connectivity index (χ4v) is 3.25. The summed E-state index contributed by atoms with van der Waals surface area (Å²) in [5, 5.41) is 4.90. The second-order valence-electron chi connectivity index (χ2n) is 3.19. The number of hydrogen-bond donors (Lipinski definition) is 1. The highest BCUT2D eigenvalue weighted by atomic mass is 32.2. The highest BCUT2D eigenvalue weighted by molar-refractivity contribution is 7.91. The van der Waals surface area contributed by atoms with E-state index in [1.165, 1.54) is 18.2 Å². The predicted molar refractivity (Wildman–Crippen MR) is 59.2 cm³/mol. The molecule has 1 heterocycles. The molecule has 98 valence electrons. The van der Waals surface area contributed by atoms with Crippen LogP contribution in [0.25, 0.3) is 10.2 Å². The average molecular weight is 308 g/mol. The summed E-state index contributed by atoms with van der Waals surface area (Å²) >= 11 is 0.747. The van der Waals surface area contributed by atoms with Gasteiger partial charge in [-0.1, -0.05) is 0 Å². The van der Waals surface area contributed by atoms with Gasteiger partial charge in [0, 0.05) is 0 Å². The fourth-order valence-electron chi connectivity index (χ4n) is 1.19. The average Bonchev–Trinajstić information content (AvgIpc) is 2.57. The summed E-state index contributed by atoms with van der Waals surface area (Å²) in [5.41, 5.74) is 0.308. The maximum absolute atomic E-state index is 11.1. The van der Waals surface area contributed by atoms with Gasteiger partial charge in [-0.3, -0.25) is 0 Å². The van der Waals surface area contributed by atoms with Crippen molar-refractivity contribution in [3.05, 3.63) is 18.2 Å². The van der Waals surface area contributed by atoms with Crippen LogP contribution in [-0.4, -0.2) is 13.4 Å². The van der Waals surface area contributed by atoms with E-state index in [0.29, 0.717) is 10.2 Å². The largest absolute Gasteiger partial charge is 0.780 e. The number of phosphoric acid groups is 1. The molecule has 2 N–H and O–H groups in total. The van der Waals surface area contributed by atoms with Gasteiger partial charge in [0.05, 0.1) is 10.2 Å². The molecule has 0 aliphatic heterocycles. The quantitative estimate of drug-likeness (QED) is 0.727. The van der Waals surface area contributed by atoms with E-state index in [2.05, 4.69) is 9.51 Å². The Morgan fingerprint density at radius 3 is 2.61 bits per heavy atom. The first-order valence-corrected chi connectivity index (χ1v) is 8.12. The van der Waals surface area contributed by atoms with E-state index >= 15 is 0 Å². The molecule has 18 heavy (non-hydrogen) atoms. The first kappa shape index (κ1) is 13.4. The molecule has 0 aliphatic carbocycles. The van der Waals surface area contributed by atoms with Crippen LogP contribution in [0.15, 0.2) is 22.5 Å². The third-order valence-corrected chi connectivity index (χ3v) is 4.57. The predicted octanol–water partition coefficient (Wildman–Crippen LogP) is -0.849. The number of aromatic nitrogens is 1. The van der Waals surface area contributed by atoms with Crippen molar-refractivity contribution in [2.45, 2.75) is 4.34 Å². The molecule has 0 amide bonds. The minimum absolute atomic E-state index is 0.208. The summed E-state index contributed by atoms with van der Waals surface area (Å²) in [5.74, 6) is -0.208. The molecule has 0 aliphatic rings. The normalized spacial score (nSPS) is 12.8. The standard InChI is InChI=1S/C7H7N2O6PS2/c8-18(13,14)7-9-5-2-1-4(3-6(5)17-7)15-16(10,11)12/h1-3H,(H2,8,13,14)(H2,10,11,12)/p-2. The van der Waals surface area contributed by atoms with Crippen molar-refractivity contribution in [3.8, 4) is 5.75 Å². The van der Waals surface area contributed by atoms with Crippen molar-refractivity contribution in [2.75, 3.05) is 0 Å². The van der Waals surface area contributed by atoms with E-state index in [1.54, 1.807) is 0 Å². The van der Waals surface area contributed by atoms with Gasteiger partial charge in [0.25, 0.3) is 10.0 Å². The van der Waals surface area contributed by atoms with Gasteiger partial charge in [0.2, 0.25) is 4.34 Å². The summed E-state index contributed by atoms with van der Waals surface area (Å²) < 4.78 is 36.7. The summed E-state index contributed by atoms with van der Waals surface area (Å²) in [6.07, 6.45) is 0. The van der Waals surface area contributed by atoms with Crippen LogP contribution in [0, 0.1) is 0 Å². The molecule has 0 radical (unpaired) electrons. The van der Waals surface area contributed by atoms with Gasteiger partial charge in [-0.2, -0.15) is 0 Å². The Morgan fingerprint density at radius 2 is 2.06 bits per heavy atom. The number of benzene rings is 1. The Bertz CT molecular complexity index is 748. The number of sulfonamides is 1. The van der Waals surface area contributed by atoms with Crippen LogP contribution in [0.3, 0.4) is 0 Å². The van der Waals surface area contributed by atoms with E-state index < -0.39 is 17.8 Å². The smallest absolute Gasteiger partial charge is 0.265 e. The zero-order valence-electron chi connectivity index (χ0n) is 8.47. The molecule has 0 saturated heterocycles. The number of thiazole rings is 1. The molecule has 0 spiro atoms. The van der Waals surface area contributed by atoms with Crippen LogP contribution >= 0.6 is 19.2 Å². The first-order chi connectivity index (χ1) is 8.15. The van der Waals surface area contributed by atoms with Crippen molar-refractivity contribution < 1.29 is 27.3 Å². The number of rotatable bonds is 3. The van der Waals surface area contributed by atoms with Gasteiger partial charge in [0.1, 0.15) is 13.6 Å². The van der Waals surface area contributed by atoms with E-state index in [0.717, 1.165) is 11.3 Å². The van der Waals surface area contributed by atoms with Gasteiger partial charge < -0.3 is 18.9 Å². The van der Waals surface area contributed by atoms with Crippen molar-refractivity contribution >= 4 is 39.4 Å². The van der Waals surface area contributed by atoms with Crippen molar-refractivity contribution in [1.82, 2.24) is 4.98 Å². The number of fused-ring (bicyclic) bond motifs is 1. The minimum Gasteiger partial charge on any atom is -0.780 e. The second-order valence-corrected chi connectivity index (χ2v) is 7.04. The van der Waals surface area contributed by atoms with Crippen molar-refractivity contribution in [1.29, 1.82) is 0 Å². The molecule has 1 aromatic heterocycles. The maximum atomic E-state index is 11.1. The van der Waals surface area contributed by atoms with Crippen LogP contribution in [0.2, 0.25) is 0 Å². The van der Waals surface area contributed by atoms with E-state index in [9.17, 15) is 22.8 Å². The zero-order valence-corrected chi connectivity index (χ0v) is 11.0. The molecule has 0 bridgehead atoms. The fraction of sp³-hybridized carbons (Fsp3) is 0. The highest BCUT2D eigenvalue weighted by Crippen LogP contribution is 2.33. The number of nitrogens with two attached hydrogens (primary N) is 1. The molecular formula is C7H5N2O6PS2-2. The molecule has 0 atom stereocenters. The van der Waals surface area contributed by atoms with Gasteiger partial charge >= 0.3 is 0 Å². The van der Waals surface area contributed by atoms with E-state index in [1.807, 2.05) is 0 Å². The lowest BCUT2D eigenvalue weighted by atomic mass is 10.3. The summed E-state index contributed by atoms with van der Waals surface area (Å²) in [7, 11) is -9.07.